The van der Waals surface area contributed by atoms with E-state index < -0.39 is 0 Å². The summed E-state index contributed by atoms with van der Waals surface area (Å²) in [6, 6.07) is 13.2. The van der Waals surface area contributed by atoms with Crippen LogP contribution in [0.1, 0.15) is 11.1 Å². The molecule has 0 heterocycles. The number of hydrogen-bond donors (Lipinski definition) is 1. The molecule has 2 aromatic rings. The third kappa shape index (κ3) is 5.06. The first-order valence-electron chi connectivity index (χ1n) is 6.41. The summed E-state index contributed by atoms with van der Waals surface area (Å²) < 4.78 is 12.7. The van der Waals surface area contributed by atoms with Crippen molar-refractivity contribution in [1.29, 1.82) is 0 Å². The van der Waals surface area contributed by atoms with Gasteiger partial charge in [0, 0.05) is 5.69 Å². The number of nitrogens with one attached hydrogen (secondary N) is 1. The number of aryl methyl sites for hydroxylation is 1. The molecular formula is C16H15FN2O2. The Morgan fingerprint density at radius 3 is 2.52 bits per heavy atom. The van der Waals surface area contributed by atoms with E-state index in [1.54, 1.807) is 0 Å². The third-order valence-corrected chi connectivity index (χ3v) is 2.68. The normalized spacial score (nSPS) is 10.6. The average Bonchev–Trinajstić information content (AvgIpc) is 2.48. The lowest BCUT2D eigenvalue weighted by Gasteiger charge is -2.03. The summed E-state index contributed by atoms with van der Waals surface area (Å²) in [6.07, 6.45) is 1.53. The summed E-state index contributed by atoms with van der Waals surface area (Å²) >= 11 is 0. The van der Waals surface area contributed by atoms with Gasteiger partial charge in [-0.2, -0.15) is 0 Å². The second-order valence-electron chi connectivity index (χ2n) is 4.47. The van der Waals surface area contributed by atoms with Gasteiger partial charge >= 0.3 is 0 Å². The Balaban J connectivity index is 1.76. The Morgan fingerprint density at radius 2 is 1.86 bits per heavy atom. The van der Waals surface area contributed by atoms with Crippen LogP contribution in [-0.2, 0) is 9.63 Å². The number of oxime groups is 1. The Kier molecular flexibility index (Phi) is 5.04. The minimum absolute atomic E-state index is 0.209. The van der Waals surface area contributed by atoms with Gasteiger partial charge in [0.2, 0.25) is 0 Å². The van der Waals surface area contributed by atoms with Crippen molar-refractivity contribution < 1.29 is 14.0 Å². The molecule has 1 N–H and O–H groups in total. The third-order valence-electron chi connectivity index (χ3n) is 2.68. The van der Waals surface area contributed by atoms with Crippen LogP contribution < -0.4 is 5.32 Å². The molecule has 0 bridgehead atoms. The van der Waals surface area contributed by atoms with E-state index in [0.29, 0.717) is 5.69 Å². The molecule has 0 atom stereocenters. The summed E-state index contributed by atoms with van der Waals surface area (Å²) in [4.78, 5) is 16.5. The molecule has 0 aliphatic carbocycles. The van der Waals surface area contributed by atoms with E-state index in [4.69, 9.17) is 4.84 Å². The second kappa shape index (κ2) is 7.19. The zero-order valence-corrected chi connectivity index (χ0v) is 11.5. The smallest absolute Gasteiger partial charge is 0.265 e. The molecule has 0 fully saturated rings. The van der Waals surface area contributed by atoms with Crippen molar-refractivity contribution in [2.24, 2.45) is 5.16 Å². The van der Waals surface area contributed by atoms with Gasteiger partial charge in [-0.25, -0.2) is 4.39 Å². The maximum absolute atomic E-state index is 12.7. The van der Waals surface area contributed by atoms with Crippen LogP contribution in [0.25, 0.3) is 0 Å². The van der Waals surface area contributed by atoms with Crippen LogP contribution >= 0.6 is 0 Å². The predicted octanol–water partition coefficient (Wildman–Crippen LogP) is 3.12. The lowest BCUT2D eigenvalue weighted by atomic mass is 10.2. The number of halogens is 1. The summed E-state index contributed by atoms with van der Waals surface area (Å²) in [6.45, 7) is 1.79. The Hall–Kier alpha value is -2.69. The molecule has 0 unspecified atom stereocenters. The molecule has 5 heteroatoms. The minimum atomic E-state index is -0.359. The monoisotopic (exact) mass is 286 g/mol. The van der Waals surface area contributed by atoms with Crippen LogP contribution in [0.15, 0.2) is 53.7 Å². The molecule has 1 amide bonds. The molecule has 0 spiro atoms. The molecular weight excluding hydrogens is 271 g/mol. The first kappa shape index (κ1) is 14.7. The Labute approximate surface area is 122 Å². The molecule has 2 rings (SSSR count). The molecule has 2 aromatic carbocycles. The van der Waals surface area contributed by atoms with Crippen molar-refractivity contribution in [3.8, 4) is 0 Å². The summed E-state index contributed by atoms with van der Waals surface area (Å²) in [5, 5.41) is 6.29. The Morgan fingerprint density at radius 1 is 1.19 bits per heavy atom. The van der Waals surface area contributed by atoms with Crippen molar-refractivity contribution in [2.45, 2.75) is 6.92 Å². The van der Waals surface area contributed by atoms with Gasteiger partial charge in [0.25, 0.3) is 5.91 Å². The van der Waals surface area contributed by atoms with Gasteiger partial charge in [0.15, 0.2) is 6.61 Å². The van der Waals surface area contributed by atoms with Crippen molar-refractivity contribution in [3.05, 3.63) is 65.5 Å². The van der Waals surface area contributed by atoms with Gasteiger partial charge in [0.1, 0.15) is 5.82 Å². The highest BCUT2D eigenvalue weighted by molar-refractivity contribution is 5.91. The van der Waals surface area contributed by atoms with Crippen molar-refractivity contribution in [1.82, 2.24) is 0 Å². The summed E-state index contributed by atoms with van der Waals surface area (Å²) in [5.41, 5.74) is 2.55. The highest BCUT2D eigenvalue weighted by Crippen LogP contribution is 2.07. The summed E-state index contributed by atoms with van der Waals surface area (Å²) in [5.74, 6) is -0.713. The van der Waals surface area contributed by atoms with E-state index in [1.165, 1.54) is 30.5 Å². The molecule has 0 aromatic heterocycles. The number of nitrogens with zero attached hydrogens (tertiary/aromatic N) is 1. The molecule has 0 aliphatic heterocycles. The van der Waals surface area contributed by atoms with Gasteiger partial charge in [-0.3, -0.25) is 4.79 Å². The van der Waals surface area contributed by atoms with Gasteiger partial charge in [-0.15, -0.1) is 0 Å². The van der Waals surface area contributed by atoms with E-state index in [1.807, 2.05) is 31.2 Å². The molecule has 21 heavy (non-hydrogen) atoms. The highest BCUT2D eigenvalue weighted by atomic mass is 19.1. The summed E-state index contributed by atoms with van der Waals surface area (Å²) in [7, 11) is 0. The molecule has 4 nitrogen and oxygen atoms in total. The number of anilines is 1. The van der Waals surface area contributed by atoms with Crippen LogP contribution in [0.3, 0.4) is 0 Å². The number of hydrogen-bond acceptors (Lipinski definition) is 3. The SMILES string of the molecule is Cc1ccc(/C=N\OCC(=O)Nc2ccc(F)cc2)cc1. The van der Waals surface area contributed by atoms with Crippen LogP contribution in [0.4, 0.5) is 10.1 Å². The fourth-order valence-corrected chi connectivity index (χ4v) is 1.58. The van der Waals surface area contributed by atoms with Gasteiger partial charge in [-0.1, -0.05) is 35.0 Å². The molecule has 0 radical (unpaired) electrons. The lowest BCUT2D eigenvalue weighted by Crippen LogP contribution is -2.16. The second-order valence-corrected chi connectivity index (χ2v) is 4.47. The number of rotatable bonds is 5. The number of carbonyl (C=O) groups excluding carboxylic acids is 1. The lowest BCUT2D eigenvalue weighted by molar-refractivity contribution is -0.120. The van der Waals surface area contributed by atoms with E-state index in [2.05, 4.69) is 10.5 Å². The minimum Gasteiger partial charge on any atom is -0.386 e. The predicted molar refractivity (Wildman–Crippen MR) is 79.8 cm³/mol. The fraction of sp³-hybridized carbons (Fsp3) is 0.125. The zero-order valence-electron chi connectivity index (χ0n) is 11.5. The number of amides is 1. The van der Waals surface area contributed by atoms with E-state index in [9.17, 15) is 9.18 Å². The number of benzene rings is 2. The largest absolute Gasteiger partial charge is 0.386 e. The topological polar surface area (TPSA) is 50.7 Å². The van der Waals surface area contributed by atoms with Gasteiger partial charge < -0.3 is 10.2 Å². The molecule has 0 saturated heterocycles. The molecule has 0 saturated carbocycles. The van der Waals surface area contributed by atoms with Gasteiger partial charge in [0.05, 0.1) is 6.21 Å². The van der Waals surface area contributed by atoms with E-state index in [0.717, 1.165) is 11.1 Å². The first-order chi connectivity index (χ1) is 10.1. The standard InChI is InChI=1S/C16H15FN2O2/c1-12-2-4-13(5-3-12)10-18-21-11-16(20)19-15-8-6-14(17)7-9-15/h2-10H,11H2,1H3,(H,19,20)/b18-10-. The molecule has 108 valence electrons. The number of carbonyl (C=O) groups is 1. The maximum Gasteiger partial charge on any atom is 0.265 e. The average molecular weight is 286 g/mol. The fourth-order valence-electron chi connectivity index (χ4n) is 1.58. The maximum atomic E-state index is 12.7. The quantitative estimate of drug-likeness (QED) is 0.678. The Bertz CT molecular complexity index is 622. The van der Waals surface area contributed by atoms with E-state index in [-0.39, 0.29) is 18.3 Å². The van der Waals surface area contributed by atoms with Crippen molar-refractivity contribution in [2.75, 3.05) is 11.9 Å². The van der Waals surface area contributed by atoms with Crippen molar-refractivity contribution >= 4 is 17.8 Å². The van der Waals surface area contributed by atoms with Crippen LogP contribution in [0, 0.1) is 12.7 Å². The molecule has 0 aliphatic rings. The zero-order chi connectivity index (χ0) is 15.1. The highest BCUT2D eigenvalue weighted by Gasteiger charge is 2.02. The first-order valence-corrected chi connectivity index (χ1v) is 6.41. The van der Waals surface area contributed by atoms with Crippen LogP contribution in [-0.4, -0.2) is 18.7 Å². The van der Waals surface area contributed by atoms with Crippen LogP contribution in [0.5, 0.6) is 0 Å². The van der Waals surface area contributed by atoms with Gasteiger partial charge in [-0.05, 0) is 36.8 Å². The van der Waals surface area contributed by atoms with Crippen LogP contribution in [0.2, 0.25) is 0 Å². The van der Waals surface area contributed by atoms with Crippen molar-refractivity contribution in [3.63, 3.8) is 0 Å². The van der Waals surface area contributed by atoms with E-state index >= 15 is 0 Å².